The SMILES string of the molecule is O=Cc1ccn2c(nc3ccccc32)c1-c1ccccc1. The predicted molar refractivity (Wildman–Crippen MR) is 83.5 cm³/mol. The van der Waals surface area contributed by atoms with Gasteiger partial charge >= 0.3 is 0 Å². The highest BCUT2D eigenvalue weighted by molar-refractivity contribution is 5.96. The predicted octanol–water partition coefficient (Wildman–Crippen LogP) is 3.97. The molecule has 0 N–H and O–H groups in total. The van der Waals surface area contributed by atoms with Crippen LogP contribution in [0.2, 0.25) is 0 Å². The van der Waals surface area contributed by atoms with E-state index in [1.54, 1.807) is 0 Å². The van der Waals surface area contributed by atoms with Gasteiger partial charge in [-0.1, -0.05) is 42.5 Å². The molecule has 21 heavy (non-hydrogen) atoms. The van der Waals surface area contributed by atoms with Crippen molar-refractivity contribution in [2.24, 2.45) is 0 Å². The zero-order chi connectivity index (χ0) is 14.2. The quantitative estimate of drug-likeness (QED) is 0.517. The fourth-order valence-electron chi connectivity index (χ4n) is 2.74. The van der Waals surface area contributed by atoms with E-state index >= 15 is 0 Å². The molecular formula is C18H12N2O. The lowest BCUT2D eigenvalue weighted by Gasteiger charge is -2.07. The molecule has 0 aliphatic carbocycles. The molecule has 0 saturated heterocycles. The summed E-state index contributed by atoms with van der Waals surface area (Å²) in [4.78, 5) is 16.1. The van der Waals surface area contributed by atoms with E-state index in [4.69, 9.17) is 4.98 Å². The average molecular weight is 272 g/mol. The number of rotatable bonds is 2. The van der Waals surface area contributed by atoms with Gasteiger partial charge in [-0.25, -0.2) is 4.98 Å². The lowest BCUT2D eigenvalue weighted by Crippen LogP contribution is -1.94. The molecule has 0 unspecified atom stereocenters. The highest BCUT2D eigenvalue weighted by Gasteiger charge is 2.13. The van der Waals surface area contributed by atoms with Crippen molar-refractivity contribution in [1.29, 1.82) is 0 Å². The van der Waals surface area contributed by atoms with Crippen LogP contribution >= 0.6 is 0 Å². The van der Waals surface area contributed by atoms with Gasteiger partial charge in [-0.3, -0.25) is 9.20 Å². The first-order valence-electron chi connectivity index (χ1n) is 6.79. The number of carbonyl (C=O) groups is 1. The summed E-state index contributed by atoms with van der Waals surface area (Å²) in [5, 5.41) is 0. The maximum absolute atomic E-state index is 11.4. The van der Waals surface area contributed by atoms with Crippen LogP contribution in [0.4, 0.5) is 0 Å². The van der Waals surface area contributed by atoms with Crippen LogP contribution in [0.25, 0.3) is 27.8 Å². The lowest BCUT2D eigenvalue weighted by atomic mass is 10.0. The molecular weight excluding hydrogens is 260 g/mol. The summed E-state index contributed by atoms with van der Waals surface area (Å²) in [7, 11) is 0. The summed E-state index contributed by atoms with van der Waals surface area (Å²) in [5.41, 5.74) is 5.32. The minimum Gasteiger partial charge on any atom is -0.299 e. The van der Waals surface area contributed by atoms with Gasteiger partial charge in [-0.05, 0) is 23.8 Å². The molecule has 2 aromatic heterocycles. The van der Waals surface area contributed by atoms with Crippen molar-refractivity contribution >= 4 is 23.0 Å². The van der Waals surface area contributed by atoms with Gasteiger partial charge in [-0.15, -0.1) is 0 Å². The number of aldehydes is 1. The van der Waals surface area contributed by atoms with Crippen molar-refractivity contribution in [2.75, 3.05) is 0 Å². The van der Waals surface area contributed by atoms with E-state index < -0.39 is 0 Å². The Morgan fingerprint density at radius 2 is 1.67 bits per heavy atom. The van der Waals surface area contributed by atoms with Crippen LogP contribution in [0.15, 0.2) is 66.9 Å². The zero-order valence-corrected chi connectivity index (χ0v) is 11.2. The van der Waals surface area contributed by atoms with Crippen molar-refractivity contribution in [3.8, 4) is 11.1 Å². The fourth-order valence-corrected chi connectivity index (χ4v) is 2.74. The van der Waals surface area contributed by atoms with E-state index in [1.807, 2.05) is 71.3 Å². The van der Waals surface area contributed by atoms with E-state index in [-0.39, 0.29) is 0 Å². The average Bonchev–Trinajstić information content (AvgIpc) is 2.93. The van der Waals surface area contributed by atoms with Gasteiger partial charge in [0, 0.05) is 17.3 Å². The van der Waals surface area contributed by atoms with E-state index in [0.717, 1.165) is 34.1 Å². The monoisotopic (exact) mass is 272 g/mol. The first kappa shape index (κ1) is 11.9. The molecule has 4 rings (SSSR count). The third-order valence-corrected chi connectivity index (χ3v) is 3.70. The Bertz CT molecular complexity index is 955. The highest BCUT2D eigenvalue weighted by atomic mass is 16.1. The van der Waals surface area contributed by atoms with Gasteiger partial charge in [0.05, 0.1) is 11.0 Å². The van der Waals surface area contributed by atoms with Crippen LogP contribution in [0, 0.1) is 0 Å². The lowest BCUT2D eigenvalue weighted by molar-refractivity contribution is 0.112. The fraction of sp³-hybridized carbons (Fsp3) is 0. The zero-order valence-electron chi connectivity index (χ0n) is 11.2. The minimum absolute atomic E-state index is 0.656. The number of benzene rings is 2. The molecule has 0 radical (unpaired) electrons. The Labute approximate surface area is 121 Å². The van der Waals surface area contributed by atoms with Crippen LogP contribution in [0.3, 0.4) is 0 Å². The van der Waals surface area contributed by atoms with Gasteiger partial charge < -0.3 is 0 Å². The van der Waals surface area contributed by atoms with Crippen LogP contribution in [-0.4, -0.2) is 15.7 Å². The van der Waals surface area contributed by atoms with Crippen molar-refractivity contribution < 1.29 is 4.79 Å². The summed E-state index contributed by atoms with van der Waals surface area (Å²) in [6.45, 7) is 0. The van der Waals surface area contributed by atoms with Crippen LogP contribution in [-0.2, 0) is 0 Å². The molecule has 0 saturated carbocycles. The largest absolute Gasteiger partial charge is 0.299 e. The number of pyridine rings is 1. The van der Waals surface area contributed by atoms with E-state index in [2.05, 4.69) is 0 Å². The molecule has 0 spiro atoms. The van der Waals surface area contributed by atoms with Gasteiger partial charge in [0.2, 0.25) is 0 Å². The molecule has 3 heteroatoms. The molecule has 0 aliphatic rings. The maximum atomic E-state index is 11.4. The summed E-state index contributed by atoms with van der Waals surface area (Å²) >= 11 is 0. The maximum Gasteiger partial charge on any atom is 0.150 e. The molecule has 0 bridgehead atoms. The van der Waals surface area contributed by atoms with Gasteiger partial charge in [0.1, 0.15) is 5.65 Å². The Kier molecular flexibility index (Phi) is 2.57. The number of carbonyl (C=O) groups excluding carboxylic acids is 1. The molecule has 3 nitrogen and oxygen atoms in total. The molecule has 4 aromatic rings. The first-order valence-corrected chi connectivity index (χ1v) is 6.79. The van der Waals surface area contributed by atoms with E-state index in [1.165, 1.54) is 0 Å². The Hall–Kier alpha value is -2.94. The second-order valence-corrected chi connectivity index (χ2v) is 4.92. The normalized spacial score (nSPS) is 11.0. The number of hydrogen-bond acceptors (Lipinski definition) is 2. The van der Waals surface area contributed by atoms with Crippen molar-refractivity contribution in [3.05, 3.63) is 72.4 Å². The Morgan fingerprint density at radius 3 is 2.48 bits per heavy atom. The van der Waals surface area contributed by atoms with E-state index in [0.29, 0.717) is 5.56 Å². The van der Waals surface area contributed by atoms with Crippen molar-refractivity contribution in [1.82, 2.24) is 9.38 Å². The number of hydrogen-bond donors (Lipinski definition) is 0. The second kappa shape index (κ2) is 4.56. The van der Waals surface area contributed by atoms with Crippen LogP contribution < -0.4 is 0 Å². The van der Waals surface area contributed by atoms with Crippen molar-refractivity contribution in [2.45, 2.75) is 0 Å². The smallest absolute Gasteiger partial charge is 0.150 e. The van der Waals surface area contributed by atoms with Gasteiger partial charge in [0.25, 0.3) is 0 Å². The summed E-state index contributed by atoms with van der Waals surface area (Å²) in [6.07, 6.45) is 2.79. The minimum atomic E-state index is 0.656. The van der Waals surface area contributed by atoms with Crippen molar-refractivity contribution in [3.63, 3.8) is 0 Å². The van der Waals surface area contributed by atoms with Gasteiger partial charge in [0.15, 0.2) is 6.29 Å². The molecule has 2 aromatic carbocycles. The van der Waals surface area contributed by atoms with Crippen LogP contribution in [0.5, 0.6) is 0 Å². The third-order valence-electron chi connectivity index (χ3n) is 3.70. The molecule has 2 heterocycles. The Morgan fingerprint density at radius 1 is 0.905 bits per heavy atom. The van der Waals surface area contributed by atoms with Crippen LogP contribution in [0.1, 0.15) is 10.4 Å². The second-order valence-electron chi connectivity index (χ2n) is 4.92. The molecule has 0 aliphatic heterocycles. The summed E-state index contributed by atoms with van der Waals surface area (Å²) in [6, 6.07) is 19.7. The van der Waals surface area contributed by atoms with Gasteiger partial charge in [-0.2, -0.15) is 0 Å². The highest BCUT2D eigenvalue weighted by Crippen LogP contribution is 2.29. The first-order chi connectivity index (χ1) is 10.4. The summed E-state index contributed by atoms with van der Waals surface area (Å²) < 4.78 is 2.03. The number of nitrogens with zero attached hydrogens (tertiary/aromatic N) is 2. The number of aromatic nitrogens is 2. The molecule has 0 amide bonds. The Balaban J connectivity index is 2.18. The number of para-hydroxylation sites is 2. The summed E-state index contributed by atoms with van der Waals surface area (Å²) in [5.74, 6) is 0. The number of imidazole rings is 1. The molecule has 0 fully saturated rings. The molecule has 100 valence electrons. The number of fused-ring (bicyclic) bond motifs is 3. The van der Waals surface area contributed by atoms with E-state index in [9.17, 15) is 4.79 Å². The topological polar surface area (TPSA) is 34.4 Å². The third kappa shape index (κ3) is 1.75. The molecule has 0 atom stereocenters. The standard InChI is InChI=1S/C18H12N2O/c21-12-14-10-11-20-16-9-5-4-8-15(16)19-18(20)17(14)13-6-2-1-3-7-13/h1-12H.